The number of hydrogen-bond donors (Lipinski definition) is 3. The molecule has 0 saturated carbocycles. The van der Waals surface area contributed by atoms with E-state index in [0.29, 0.717) is 24.6 Å². The molecule has 0 aliphatic rings. The van der Waals surface area contributed by atoms with Gasteiger partial charge in [-0.1, -0.05) is 30.3 Å². The molecule has 2 aromatic carbocycles. The Kier molecular flexibility index (Phi) is 8.26. The summed E-state index contributed by atoms with van der Waals surface area (Å²) in [6.07, 6.45) is 0. The maximum atomic E-state index is 13.6. The summed E-state index contributed by atoms with van der Waals surface area (Å²) in [7, 11) is -2.08. The van der Waals surface area contributed by atoms with E-state index in [1.165, 1.54) is 18.2 Å². The minimum atomic E-state index is -3.69. The molecule has 25 heavy (non-hydrogen) atoms. The summed E-state index contributed by atoms with van der Waals surface area (Å²) < 4.78 is 36.0. The summed E-state index contributed by atoms with van der Waals surface area (Å²) in [5.41, 5.74) is 1.40. The van der Waals surface area contributed by atoms with Crippen molar-refractivity contribution in [2.75, 3.05) is 7.05 Å². The third kappa shape index (κ3) is 6.59. The fourth-order valence-electron chi connectivity index (χ4n) is 2.02. The number of primary sulfonamides is 1. The molecule has 0 aliphatic carbocycles. The number of nitrogens with one attached hydrogen (secondary N) is 2. The molecule has 0 heterocycles. The molecule has 0 spiro atoms. The zero-order chi connectivity index (χ0) is 17.6. The average Bonchev–Trinajstić information content (AvgIpc) is 2.56. The summed E-state index contributed by atoms with van der Waals surface area (Å²) >= 11 is 0. The highest BCUT2D eigenvalue weighted by atomic mass is 127. The lowest BCUT2D eigenvalue weighted by Gasteiger charge is -2.12. The molecule has 6 nitrogen and oxygen atoms in total. The fourth-order valence-corrected chi connectivity index (χ4v) is 2.54. The van der Waals surface area contributed by atoms with Crippen molar-refractivity contribution in [1.29, 1.82) is 0 Å². The van der Waals surface area contributed by atoms with E-state index in [1.54, 1.807) is 37.4 Å². The molecule has 9 heteroatoms. The minimum Gasteiger partial charge on any atom is -0.352 e. The quantitative estimate of drug-likeness (QED) is 0.348. The molecular weight excluding hydrogens is 458 g/mol. The van der Waals surface area contributed by atoms with Crippen LogP contribution < -0.4 is 15.8 Å². The van der Waals surface area contributed by atoms with E-state index < -0.39 is 10.0 Å². The van der Waals surface area contributed by atoms with Crippen molar-refractivity contribution in [2.45, 2.75) is 18.0 Å². The molecule has 0 radical (unpaired) electrons. The predicted molar refractivity (Wildman–Crippen MR) is 107 cm³/mol. The van der Waals surface area contributed by atoms with E-state index >= 15 is 0 Å². The van der Waals surface area contributed by atoms with Crippen LogP contribution in [0.1, 0.15) is 11.1 Å². The second-order valence-electron chi connectivity index (χ2n) is 5.06. The van der Waals surface area contributed by atoms with Gasteiger partial charge in [0.2, 0.25) is 10.0 Å². The van der Waals surface area contributed by atoms with Gasteiger partial charge in [0.1, 0.15) is 5.82 Å². The zero-order valence-electron chi connectivity index (χ0n) is 13.6. The number of halogens is 2. The van der Waals surface area contributed by atoms with Gasteiger partial charge >= 0.3 is 0 Å². The summed E-state index contributed by atoms with van der Waals surface area (Å²) in [6, 6.07) is 12.7. The average molecular weight is 478 g/mol. The van der Waals surface area contributed by atoms with Gasteiger partial charge in [-0.2, -0.15) is 0 Å². The fraction of sp³-hybridized carbons (Fsp3) is 0.188. The van der Waals surface area contributed by atoms with Gasteiger partial charge in [-0.15, -0.1) is 24.0 Å². The SMILES string of the molecule is CN=C(NCc1ccc(S(N)(=O)=O)cc1)NCc1ccccc1F.I. The maximum absolute atomic E-state index is 13.6. The standard InChI is InChI=1S/C16H19FN4O2S.HI/c1-19-16(21-11-13-4-2-3-5-15(13)17)20-10-12-6-8-14(9-7-12)24(18,22)23;/h2-9H,10-11H2,1H3,(H2,18,22,23)(H2,19,20,21);1H. The Hall–Kier alpha value is -1.72. The molecule has 136 valence electrons. The Morgan fingerprint density at radius 3 is 2.24 bits per heavy atom. The first kappa shape index (κ1) is 21.3. The highest BCUT2D eigenvalue weighted by Gasteiger charge is 2.07. The third-order valence-corrected chi connectivity index (χ3v) is 4.27. The number of sulfonamides is 1. The summed E-state index contributed by atoms with van der Waals surface area (Å²) in [5.74, 6) is 0.229. The predicted octanol–water partition coefficient (Wildman–Crippen LogP) is 1.96. The van der Waals surface area contributed by atoms with Gasteiger partial charge in [-0.3, -0.25) is 4.99 Å². The second-order valence-corrected chi connectivity index (χ2v) is 6.62. The topological polar surface area (TPSA) is 96.6 Å². The van der Waals surface area contributed by atoms with Crippen LogP contribution in [0.25, 0.3) is 0 Å². The second kappa shape index (κ2) is 9.68. The van der Waals surface area contributed by atoms with Gasteiger partial charge < -0.3 is 10.6 Å². The highest BCUT2D eigenvalue weighted by molar-refractivity contribution is 14.0. The van der Waals surface area contributed by atoms with Crippen LogP contribution in [0.15, 0.2) is 58.4 Å². The van der Waals surface area contributed by atoms with Gasteiger partial charge in [0.05, 0.1) is 4.90 Å². The molecular formula is C16H20FIN4O2S. The van der Waals surface area contributed by atoms with Gasteiger partial charge in [-0.25, -0.2) is 17.9 Å². The lowest BCUT2D eigenvalue weighted by Crippen LogP contribution is -2.36. The number of rotatable bonds is 5. The van der Waals surface area contributed by atoms with Crippen molar-refractivity contribution in [3.63, 3.8) is 0 Å². The number of nitrogens with zero attached hydrogens (tertiary/aromatic N) is 1. The monoisotopic (exact) mass is 478 g/mol. The van der Waals surface area contributed by atoms with Crippen LogP contribution in [0.2, 0.25) is 0 Å². The summed E-state index contributed by atoms with van der Waals surface area (Å²) in [4.78, 5) is 4.12. The van der Waals surface area contributed by atoms with Gasteiger partial charge in [-0.05, 0) is 23.8 Å². The largest absolute Gasteiger partial charge is 0.352 e. The Morgan fingerprint density at radius 1 is 1.08 bits per heavy atom. The first-order valence-corrected chi connectivity index (χ1v) is 8.74. The van der Waals surface area contributed by atoms with Gasteiger partial charge in [0.15, 0.2) is 5.96 Å². The van der Waals surface area contributed by atoms with Gasteiger partial charge in [0, 0.05) is 25.7 Å². The van der Waals surface area contributed by atoms with E-state index in [2.05, 4.69) is 15.6 Å². The van der Waals surface area contributed by atoms with Crippen LogP contribution in [-0.4, -0.2) is 21.4 Å². The minimum absolute atomic E-state index is 0. The first-order valence-electron chi connectivity index (χ1n) is 7.20. The molecule has 0 saturated heterocycles. The molecule has 0 atom stereocenters. The van der Waals surface area contributed by atoms with E-state index in [0.717, 1.165) is 5.56 Å². The van der Waals surface area contributed by atoms with Crippen molar-refractivity contribution >= 4 is 40.0 Å². The molecule has 0 unspecified atom stereocenters. The van der Waals surface area contributed by atoms with Crippen molar-refractivity contribution < 1.29 is 12.8 Å². The van der Waals surface area contributed by atoms with Crippen molar-refractivity contribution in [2.24, 2.45) is 10.1 Å². The maximum Gasteiger partial charge on any atom is 0.238 e. The number of nitrogens with two attached hydrogens (primary N) is 1. The van der Waals surface area contributed by atoms with Crippen LogP contribution in [0, 0.1) is 5.82 Å². The van der Waals surface area contributed by atoms with E-state index in [9.17, 15) is 12.8 Å². The number of benzene rings is 2. The van der Waals surface area contributed by atoms with E-state index in [1.807, 2.05) is 0 Å². The smallest absolute Gasteiger partial charge is 0.238 e. The zero-order valence-corrected chi connectivity index (χ0v) is 16.7. The van der Waals surface area contributed by atoms with Crippen molar-refractivity contribution in [3.05, 3.63) is 65.5 Å². The van der Waals surface area contributed by atoms with Crippen molar-refractivity contribution in [1.82, 2.24) is 10.6 Å². The lowest BCUT2D eigenvalue weighted by molar-refractivity contribution is 0.597. The third-order valence-electron chi connectivity index (χ3n) is 3.34. The van der Waals surface area contributed by atoms with Crippen LogP contribution in [0.4, 0.5) is 4.39 Å². The molecule has 0 aromatic heterocycles. The Labute approximate surface area is 163 Å². The van der Waals surface area contributed by atoms with Gasteiger partial charge in [0.25, 0.3) is 0 Å². The molecule has 0 fully saturated rings. The molecule has 0 aliphatic heterocycles. The van der Waals surface area contributed by atoms with Crippen LogP contribution in [0.5, 0.6) is 0 Å². The summed E-state index contributed by atoms with van der Waals surface area (Å²) in [6.45, 7) is 0.735. The Morgan fingerprint density at radius 2 is 1.68 bits per heavy atom. The Bertz CT molecular complexity index is 826. The number of guanidine groups is 1. The van der Waals surface area contributed by atoms with E-state index in [4.69, 9.17) is 5.14 Å². The van der Waals surface area contributed by atoms with Crippen LogP contribution in [-0.2, 0) is 23.1 Å². The van der Waals surface area contributed by atoms with Crippen LogP contribution >= 0.6 is 24.0 Å². The highest BCUT2D eigenvalue weighted by Crippen LogP contribution is 2.08. The molecule has 2 aromatic rings. The number of aliphatic imine (C=N–C) groups is 1. The molecule has 0 bridgehead atoms. The first-order chi connectivity index (χ1) is 11.4. The molecule has 0 amide bonds. The Balaban J connectivity index is 0.00000312. The summed E-state index contributed by atoms with van der Waals surface area (Å²) in [5, 5.41) is 11.1. The molecule has 2 rings (SSSR count). The normalized spacial score (nSPS) is 11.6. The van der Waals surface area contributed by atoms with Crippen LogP contribution in [0.3, 0.4) is 0 Å². The van der Waals surface area contributed by atoms with Crippen molar-refractivity contribution in [3.8, 4) is 0 Å². The molecule has 4 N–H and O–H groups in total. The number of hydrogen-bond acceptors (Lipinski definition) is 3. The lowest BCUT2D eigenvalue weighted by atomic mass is 10.2. The van der Waals surface area contributed by atoms with E-state index in [-0.39, 0.29) is 34.7 Å².